The van der Waals surface area contributed by atoms with Gasteiger partial charge in [-0.15, -0.1) is 0 Å². The number of amides is 2. The third kappa shape index (κ3) is 4.70. The number of carbonyl (C=O) groups is 2. The number of carbonyl (C=O) groups excluding carboxylic acids is 2. The normalized spacial score (nSPS) is 27.6. The van der Waals surface area contributed by atoms with Gasteiger partial charge >= 0.3 is 0 Å². The lowest BCUT2D eigenvalue weighted by atomic mass is 9.91. The van der Waals surface area contributed by atoms with Crippen molar-refractivity contribution in [3.8, 4) is 0 Å². The summed E-state index contributed by atoms with van der Waals surface area (Å²) in [5, 5.41) is 2.97. The topological polar surface area (TPSA) is 52.7 Å². The number of nitrogens with one attached hydrogen (secondary N) is 1. The molecule has 21 heavy (non-hydrogen) atoms. The van der Waals surface area contributed by atoms with Crippen molar-refractivity contribution in [2.45, 2.75) is 52.1 Å². The number of hydrogen-bond donors (Lipinski definition) is 1. The Kier molecular flexibility index (Phi) is 5.25. The van der Waals surface area contributed by atoms with Gasteiger partial charge in [-0.2, -0.15) is 0 Å². The Balaban J connectivity index is 1.83. The van der Waals surface area contributed by atoms with E-state index in [9.17, 15) is 9.59 Å². The van der Waals surface area contributed by atoms with Crippen molar-refractivity contribution in [3.05, 3.63) is 0 Å². The van der Waals surface area contributed by atoms with Gasteiger partial charge in [0.25, 0.3) is 0 Å². The molecule has 1 aliphatic heterocycles. The highest BCUT2D eigenvalue weighted by molar-refractivity contribution is 5.83. The van der Waals surface area contributed by atoms with E-state index in [0.29, 0.717) is 24.4 Å². The second-order valence-electron chi connectivity index (χ2n) is 7.12. The van der Waals surface area contributed by atoms with Crippen LogP contribution in [0.1, 0.15) is 40.0 Å². The highest BCUT2D eigenvalue weighted by Crippen LogP contribution is 2.22. The molecule has 5 nitrogen and oxygen atoms in total. The lowest BCUT2D eigenvalue weighted by Gasteiger charge is -2.38. The standard InChI is InChI=1S/C16H29N3O2/c1-11-7-12(2)9-19(8-11)16(21)13(3)18(4)10-15(20)17-14-5-6-14/h11-14H,5-10H2,1-4H3,(H,17,20)/t11-,12+,13-/m1/s1. The molecule has 0 aromatic rings. The molecule has 1 saturated heterocycles. The monoisotopic (exact) mass is 295 g/mol. The molecule has 0 radical (unpaired) electrons. The van der Waals surface area contributed by atoms with Gasteiger partial charge in [-0.1, -0.05) is 13.8 Å². The molecule has 1 saturated carbocycles. The Labute approximate surface area is 128 Å². The summed E-state index contributed by atoms with van der Waals surface area (Å²) in [7, 11) is 1.85. The Hall–Kier alpha value is -1.10. The third-order valence-corrected chi connectivity index (χ3v) is 4.53. The first-order chi connectivity index (χ1) is 9.86. The molecule has 2 aliphatic rings. The van der Waals surface area contributed by atoms with Gasteiger partial charge in [0.2, 0.25) is 11.8 Å². The zero-order chi connectivity index (χ0) is 15.6. The van der Waals surface area contributed by atoms with Crippen LogP contribution in [-0.4, -0.2) is 60.4 Å². The van der Waals surface area contributed by atoms with Gasteiger partial charge in [-0.05, 0) is 45.1 Å². The van der Waals surface area contributed by atoms with Gasteiger partial charge in [0.1, 0.15) is 0 Å². The molecule has 2 rings (SSSR count). The van der Waals surface area contributed by atoms with E-state index in [1.807, 2.05) is 23.8 Å². The predicted octanol–water partition coefficient (Wildman–Crippen LogP) is 1.09. The Morgan fingerprint density at radius 3 is 2.33 bits per heavy atom. The van der Waals surface area contributed by atoms with Crippen molar-refractivity contribution in [3.63, 3.8) is 0 Å². The van der Waals surface area contributed by atoms with Crippen LogP contribution in [0.2, 0.25) is 0 Å². The van der Waals surface area contributed by atoms with Crippen molar-refractivity contribution >= 4 is 11.8 Å². The van der Waals surface area contributed by atoms with Crippen molar-refractivity contribution < 1.29 is 9.59 Å². The van der Waals surface area contributed by atoms with E-state index in [2.05, 4.69) is 19.2 Å². The first kappa shape index (κ1) is 16.3. The molecule has 3 atom stereocenters. The molecule has 5 heteroatoms. The number of nitrogens with zero attached hydrogens (tertiary/aromatic N) is 2. The SMILES string of the molecule is C[C@@H]1C[C@H](C)CN(C(=O)[C@@H](C)N(C)CC(=O)NC2CC2)C1. The zero-order valence-electron chi connectivity index (χ0n) is 13.8. The first-order valence-corrected chi connectivity index (χ1v) is 8.15. The molecule has 1 aliphatic carbocycles. The van der Waals surface area contributed by atoms with Crippen LogP contribution in [0.3, 0.4) is 0 Å². The molecule has 2 amide bonds. The maximum Gasteiger partial charge on any atom is 0.239 e. The van der Waals surface area contributed by atoms with E-state index in [4.69, 9.17) is 0 Å². The molecular weight excluding hydrogens is 266 g/mol. The van der Waals surface area contributed by atoms with Gasteiger partial charge < -0.3 is 10.2 Å². The lowest BCUT2D eigenvalue weighted by molar-refractivity contribution is -0.139. The van der Waals surface area contributed by atoms with Crippen LogP contribution in [0.15, 0.2) is 0 Å². The molecule has 0 aromatic carbocycles. The number of piperidine rings is 1. The fourth-order valence-electron chi connectivity index (χ4n) is 3.16. The molecule has 0 spiro atoms. The van der Waals surface area contributed by atoms with Gasteiger partial charge in [0, 0.05) is 19.1 Å². The zero-order valence-corrected chi connectivity index (χ0v) is 13.8. The van der Waals surface area contributed by atoms with E-state index >= 15 is 0 Å². The Bertz CT molecular complexity index is 385. The van der Waals surface area contributed by atoms with Crippen LogP contribution in [0.4, 0.5) is 0 Å². The summed E-state index contributed by atoms with van der Waals surface area (Å²) in [6.45, 7) is 8.28. The average molecular weight is 295 g/mol. The van der Waals surface area contributed by atoms with Crippen LogP contribution in [0.5, 0.6) is 0 Å². The summed E-state index contributed by atoms with van der Waals surface area (Å²) in [6, 6.07) is 0.133. The van der Waals surface area contributed by atoms with Gasteiger partial charge in [-0.25, -0.2) is 0 Å². The predicted molar refractivity (Wildman–Crippen MR) is 82.8 cm³/mol. The average Bonchev–Trinajstić information content (AvgIpc) is 3.19. The van der Waals surface area contributed by atoms with Crippen LogP contribution in [0, 0.1) is 11.8 Å². The minimum absolute atomic E-state index is 0.0278. The van der Waals surface area contributed by atoms with E-state index in [-0.39, 0.29) is 17.9 Å². The van der Waals surface area contributed by atoms with E-state index in [1.54, 1.807) is 0 Å². The van der Waals surface area contributed by atoms with Crippen molar-refractivity contribution in [1.29, 1.82) is 0 Å². The molecule has 0 unspecified atom stereocenters. The van der Waals surface area contributed by atoms with E-state index in [0.717, 1.165) is 25.9 Å². The Morgan fingerprint density at radius 1 is 1.24 bits per heavy atom. The smallest absolute Gasteiger partial charge is 0.239 e. The van der Waals surface area contributed by atoms with Crippen LogP contribution < -0.4 is 5.32 Å². The summed E-state index contributed by atoms with van der Waals surface area (Å²) in [6.07, 6.45) is 3.37. The fourth-order valence-corrected chi connectivity index (χ4v) is 3.16. The Morgan fingerprint density at radius 2 is 1.81 bits per heavy atom. The summed E-state index contributed by atoms with van der Waals surface area (Å²) >= 11 is 0. The van der Waals surface area contributed by atoms with E-state index < -0.39 is 0 Å². The summed E-state index contributed by atoms with van der Waals surface area (Å²) < 4.78 is 0. The van der Waals surface area contributed by atoms with Gasteiger partial charge in [0.05, 0.1) is 12.6 Å². The minimum atomic E-state index is -0.243. The fraction of sp³-hybridized carbons (Fsp3) is 0.875. The number of likely N-dealkylation sites (N-methyl/N-ethyl adjacent to an activating group) is 1. The molecule has 1 N–H and O–H groups in total. The molecular formula is C16H29N3O2. The van der Waals surface area contributed by atoms with Gasteiger partial charge in [0.15, 0.2) is 0 Å². The molecule has 0 bridgehead atoms. The molecule has 1 heterocycles. The van der Waals surface area contributed by atoms with Gasteiger partial charge in [-0.3, -0.25) is 14.5 Å². The van der Waals surface area contributed by atoms with Crippen molar-refractivity contribution in [1.82, 2.24) is 15.1 Å². The molecule has 2 fully saturated rings. The number of likely N-dealkylation sites (tertiary alicyclic amines) is 1. The number of hydrogen-bond acceptors (Lipinski definition) is 3. The lowest BCUT2D eigenvalue weighted by Crippen LogP contribution is -2.52. The summed E-state index contributed by atoms with van der Waals surface area (Å²) in [5.74, 6) is 1.30. The summed E-state index contributed by atoms with van der Waals surface area (Å²) in [5.41, 5.74) is 0. The second kappa shape index (κ2) is 6.77. The second-order valence-corrected chi connectivity index (χ2v) is 7.12. The van der Waals surface area contributed by atoms with Crippen LogP contribution >= 0.6 is 0 Å². The maximum absolute atomic E-state index is 12.6. The first-order valence-electron chi connectivity index (χ1n) is 8.15. The van der Waals surface area contributed by atoms with E-state index in [1.165, 1.54) is 6.42 Å². The molecule has 120 valence electrons. The highest BCUT2D eigenvalue weighted by Gasteiger charge is 2.31. The van der Waals surface area contributed by atoms with Crippen LogP contribution in [-0.2, 0) is 9.59 Å². The quantitative estimate of drug-likeness (QED) is 0.826. The third-order valence-electron chi connectivity index (χ3n) is 4.53. The minimum Gasteiger partial charge on any atom is -0.352 e. The maximum atomic E-state index is 12.6. The highest BCUT2D eigenvalue weighted by atomic mass is 16.2. The van der Waals surface area contributed by atoms with Crippen molar-refractivity contribution in [2.75, 3.05) is 26.7 Å². The van der Waals surface area contributed by atoms with Crippen LogP contribution in [0.25, 0.3) is 0 Å². The number of rotatable bonds is 5. The summed E-state index contributed by atoms with van der Waals surface area (Å²) in [4.78, 5) is 28.3. The molecule has 0 aromatic heterocycles. The largest absolute Gasteiger partial charge is 0.352 e. The van der Waals surface area contributed by atoms with Crippen molar-refractivity contribution in [2.24, 2.45) is 11.8 Å².